The second kappa shape index (κ2) is 10.0. The lowest BCUT2D eigenvalue weighted by atomic mass is 9.75. The van der Waals surface area contributed by atoms with Crippen LogP contribution in [-0.2, 0) is 15.9 Å². The van der Waals surface area contributed by atoms with Gasteiger partial charge in [-0.1, -0.05) is 103 Å². The van der Waals surface area contributed by atoms with Crippen LogP contribution < -0.4 is 15.4 Å². The van der Waals surface area contributed by atoms with Gasteiger partial charge in [0.25, 0.3) is 11.6 Å². The predicted octanol–water partition coefficient (Wildman–Crippen LogP) is 6.14. The molecule has 202 valence electrons. The highest BCUT2D eigenvalue weighted by Crippen LogP contribution is 2.53. The molecule has 7 nitrogen and oxygen atoms in total. The molecule has 5 aromatic rings. The van der Waals surface area contributed by atoms with E-state index in [1.54, 1.807) is 42.3 Å². The molecule has 41 heavy (non-hydrogen) atoms. The van der Waals surface area contributed by atoms with E-state index in [0.29, 0.717) is 22.6 Å². The van der Waals surface area contributed by atoms with Gasteiger partial charge in [0, 0.05) is 17.7 Å². The van der Waals surface area contributed by atoms with Gasteiger partial charge in [0.15, 0.2) is 0 Å². The molecule has 2 N–H and O–H groups in total. The molecule has 1 amide bonds. The maximum absolute atomic E-state index is 15.1. The van der Waals surface area contributed by atoms with Crippen molar-refractivity contribution in [2.45, 2.75) is 11.1 Å². The molecule has 1 heterocycles. The number of non-ortho nitro benzene ring substituents is 1. The molecule has 1 aliphatic rings. The Kier molecular flexibility index (Phi) is 6.36. The number of rotatable bonds is 7. The van der Waals surface area contributed by atoms with Crippen LogP contribution in [0.3, 0.4) is 0 Å². The van der Waals surface area contributed by atoms with Crippen molar-refractivity contribution in [3.8, 4) is 5.75 Å². The molecule has 0 aliphatic carbocycles. The highest BCUT2D eigenvalue weighted by molar-refractivity contribution is 6.12. The Morgan fingerprint density at radius 1 is 0.756 bits per heavy atom. The van der Waals surface area contributed by atoms with Gasteiger partial charge in [0.05, 0.1) is 17.7 Å². The Morgan fingerprint density at radius 3 is 1.68 bits per heavy atom. The molecular formula is C34H27N3O4. The van der Waals surface area contributed by atoms with E-state index in [1.165, 1.54) is 12.1 Å². The second-order valence-corrected chi connectivity index (χ2v) is 9.94. The van der Waals surface area contributed by atoms with Crippen molar-refractivity contribution in [3.63, 3.8) is 0 Å². The van der Waals surface area contributed by atoms with E-state index < -0.39 is 21.9 Å². The summed E-state index contributed by atoms with van der Waals surface area (Å²) in [4.78, 5) is 28.2. The molecule has 0 aromatic heterocycles. The predicted molar refractivity (Wildman–Crippen MR) is 158 cm³/mol. The van der Waals surface area contributed by atoms with Gasteiger partial charge in [0.1, 0.15) is 16.8 Å². The molecule has 0 saturated heterocycles. The summed E-state index contributed by atoms with van der Waals surface area (Å²) in [7, 11) is 1.56. The molecule has 5 aromatic carbocycles. The standard InChI is InChI=1S/C34H27N3O4/c1-41-29-20-17-24(18-21-29)33(35)30-23-28(37(39)40)19-22-31(30)36(32(33)38)34(25-11-5-2-6-12-25,26-13-7-3-8-14-26)27-15-9-4-10-16-27/h2-23H,35H2,1H3. The summed E-state index contributed by atoms with van der Waals surface area (Å²) in [5.41, 5.74) is 8.02. The van der Waals surface area contributed by atoms with Crippen LogP contribution in [-0.4, -0.2) is 17.9 Å². The lowest BCUT2D eigenvalue weighted by Crippen LogP contribution is -2.56. The first kappa shape index (κ1) is 26.0. The number of ether oxygens (including phenoxy) is 1. The van der Waals surface area contributed by atoms with E-state index in [1.807, 2.05) is 91.0 Å². The molecule has 0 radical (unpaired) electrons. The number of hydrogen-bond donors (Lipinski definition) is 1. The molecule has 7 heteroatoms. The summed E-state index contributed by atoms with van der Waals surface area (Å²) >= 11 is 0. The summed E-state index contributed by atoms with van der Waals surface area (Å²) in [6.45, 7) is 0. The van der Waals surface area contributed by atoms with Crippen LogP contribution in [0, 0.1) is 10.1 Å². The molecule has 1 unspecified atom stereocenters. The smallest absolute Gasteiger partial charge is 0.269 e. The Balaban J connectivity index is 1.73. The summed E-state index contributed by atoms with van der Waals surface area (Å²) in [6, 6.07) is 40.7. The fraction of sp³-hybridized carbons (Fsp3) is 0.0882. The third-order valence-electron chi connectivity index (χ3n) is 7.85. The fourth-order valence-electron chi connectivity index (χ4n) is 5.94. The van der Waals surface area contributed by atoms with Gasteiger partial charge < -0.3 is 10.5 Å². The monoisotopic (exact) mass is 541 g/mol. The van der Waals surface area contributed by atoms with Crippen molar-refractivity contribution in [1.29, 1.82) is 0 Å². The Hall–Kier alpha value is -5.27. The quantitative estimate of drug-likeness (QED) is 0.152. The molecule has 1 atom stereocenters. The largest absolute Gasteiger partial charge is 0.497 e. The Labute approximate surface area is 237 Å². The van der Waals surface area contributed by atoms with Crippen molar-refractivity contribution in [2.24, 2.45) is 5.73 Å². The summed E-state index contributed by atoms with van der Waals surface area (Å²) in [5, 5.41) is 11.9. The van der Waals surface area contributed by atoms with Gasteiger partial charge in [-0.05, 0) is 40.5 Å². The van der Waals surface area contributed by atoms with E-state index >= 15 is 4.79 Å². The van der Waals surface area contributed by atoms with Crippen LogP contribution in [0.25, 0.3) is 0 Å². The fourth-order valence-corrected chi connectivity index (χ4v) is 5.94. The van der Waals surface area contributed by atoms with Gasteiger partial charge >= 0.3 is 0 Å². The highest BCUT2D eigenvalue weighted by Gasteiger charge is 2.58. The number of methoxy groups -OCH3 is 1. The maximum Gasteiger partial charge on any atom is 0.269 e. The van der Waals surface area contributed by atoms with Gasteiger partial charge in [-0.25, -0.2) is 0 Å². The van der Waals surface area contributed by atoms with Crippen LogP contribution in [0.5, 0.6) is 5.75 Å². The van der Waals surface area contributed by atoms with Crippen LogP contribution in [0.2, 0.25) is 0 Å². The maximum atomic E-state index is 15.1. The number of carbonyl (C=O) groups excluding carboxylic acids is 1. The van der Waals surface area contributed by atoms with Crippen LogP contribution in [0.1, 0.15) is 27.8 Å². The average molecular weight is 542 g/mol. The second-order valence-electron chi connectivity index (χ2n) is 9.94. The number of nitro groups is 1. The number of nitro benzene ring substituents is 1. The van der Waals surface area contributed by atoms with Gasteiger partial charge in [0.2, 0.25) is 0 Å². The average Bonchev–Trinajstić information content (AvgIpc) is 3.26. The number of carbonyl (C=O) groups is 1. The third-order valence-corrected chi connectivity index (χ3v) is 7.85. The number of benzene rings is 5. The summed E-state index contributed by atoms with van der Waals surface area (Å²) < 4.78 is 5.34. The molecule has 0 fully saturated rings. The highest BCUT2D eigenvalue weighted by atomic mass is 16.6. The van der Waals surface area contributed by atoms with Crippen LogP contribution in [0.4, 0.5) is 11.4 Å². The Morgan fingerprint density at radius 2 is 1.24 bits per heavy atom. The molecule has 0 saturated carbocycles. The van der Waals surface area contributed by atoms with E-state index in [9.17, 15) is 10.1 Å². The minimum atomic E-state index is -1.71. The molecule has 0 bridgehead atoms. The summed E-state index contributed by atoms with van der Waals surface area (Å²) in [6.07, 6.45) is 0. The first-order valence-electron chi connectivity index (χ1n) is 13.2. The zero-order valence-electron chi connectivity index (χ0n) is 22.3. The van der Waals surface area contributed by atoms with E-state index in [2.05, 4.69) is 0 Å². The number of amides is 1. The minimum absolute atomic E-state index is 0.147. The lowest BCUT2D eigenvalue weighted by molar-refractivity contribution is -0.384. The van der Waals surface area contributed by atoms with Crippen molar-refractivity contribution >= 4 is 17.3 Å². The number of nitrogens with two attached hydrogens (primary N) is 1. The first-order valence-corrected chi connectivity index (χ1v) is 13.2. The molecular weight excluding hydrogens is 514 g/mol. The SMILES string of the molecule is COc1ccc(C2(N)C(=O)N(C(c3ccccc3)(c3ccccc3)c3ccccc3)c3ccc([N+](=O)[O-])cc32)cc1. The summed E-state index contributed by atoms with van der Waals surface area (Å²) in [5.74, 6) is 0.195. The number of fused-ring (bicyclic) bond motifs is 1. The number of hydrogen-bond acceptors (Lipinski definition) is 5. The Bertz CT molecular complexity index is 1630. The first-order chi connectivity index (χ1) is 19.9. The zero-order chi connectivity index (χ0) is 28.6. The van der Waals surface area contributed by atoms with Gasteiger partial charge in [-0.15, -0.1) is 0 Å². The van der Waals surface area contributed by atoms with E-state index in [4.69, 9.17) is 10.5 Å². The zero-order valence-corrected chi connectivity index (χ0v) is 22.3. The minimum Gasteiger partial charge on any atom is -0.497 e. The van der Waals surface area contributed by atoms with Crippen molar-refractivity contribution < 1.29 is 14.5 Å². The lowest BCUT2D eigenvalue weighted by Gasteiger charge is -2.44. The van der Waals surface area contributed by atoms with Crippen LogP contribution in [0.15, 0.2) is 133 Å². The van der Waals surface area contributed by atoms with Crippen molar-refractivity contribution in [1.82, 2.24) is 0 Å². The molecule has 1 aliphatic heterocycles. The number of anilines is 1. The van der Waals surface area contributed by atoms with Gasteiger partial charge in [-0.3, -0.25) is 19.8 Å². The molecule has 0 spiro atoms. The van der Waals surface area contributed by atoms with E-state index in [0.717, 1.165) is 16.7 Å². The van der Waals surface area contributed by atoms with Crippen molar-refractivity contribution in [3.05, 3.63) is 171 Å². The van der Waals surface area contributed by atoms with Crippen LogP contribution >= 0.6 is 0 Å². The number of nitrogens with zero attached hydrogens (tertiary/aromatic N) is 2. The van der Waals surface area contributed by atoms with E-state index in [-0.39, 0.29) is 5.69 Å². The normalized spacial score (nSPS) is 16.3. The van der Waals surface area contributed by atoms with Crippen molar-refractivity contribution in [2.75, 3.05) is 12.0 Å². The van der Waals surface area contributed by atoms with Gasteiger partial charge in [-0.2, -0.15) is 0 Å². The molecule has 6 rings (SSSR count). The topological polar surface area (TPSA) is 98.7 Å². The third kappa shape index (κ3) is 3.90.